The van der Waals surface area contributed by atoms with Gasteiger partial charge in [0.05, 0.1) is 20.8 Å². The van der Waals surface area contributed by atoms with Crippen molar-refractivity contribution in [3.05, 3.63) is 35.4 Å². The van der Waals surface area contributed by atoms with Gasteiger partial charge in [-0.3, -0.25) is 14.5 Å². The summed E-state index contributed by atoms with van der Waals surface area (Å²) in [5.74, 6) is -0.160. The van der Waals surface area contributed by atoms with E-state index in [1.54, 1.807) is 7.11 Å². The molecule has 0 saturated carbocycles. The molecular formula is C23H32N3O5+. The number of hydrogen-bond donors (Lipinski definition) is 1. The number of ether oxygens (including phenoxy) is 2. The second-order valence-corrected chi connectivity index (χ2v) is 8.04. The molecule has 1 N–H and O–H groups in total. The lowest BCUT2D eigenvalue weighted by atomic mass is 9.97. The van der Waals surface area contributed by atoms with Crippen LogP contribution < -0.4 is 14.4 Å². The van der Waals surface area contributed by atoms with Gasteiger partial charge in [-0.1, -0.05) is 11.6 Å². The topological polar surface area (TPSA) is 80.6 Å². The fourth-order valence-electron chi connectivity index (χ4n) is 4.05. The van der Waals surface area contributed by atoms with E-state index in [0.29, 0.717) is 31.1 Å². The van der Waals surface area contributed by atoms with Gasteiger partial charge < -0.3 is 14.4 Å². The van der Waals surface area contributed by atoms with E-state index in [1.165, 1.54) is 12.0 Å². The molecule has 1 unspecified atom stereocenters. The van der Waals surface area contributed by atoms with Gasteiger partial charge in [-0.15, -0.1) is 0 Å². The van der Waals surface area contributed by atoms with Crippen molar-refractivity contribution < 1.29 is 28.8 Å². The minimum atomic E-state index is -0.744. The summed E-state index contributed by atoms with van der Waals surface area (Å²) in [6.07, 6.45) is 7.22. The minimum Gasteiger partial charge on any atom is -0.493 e. The summed E-state index contributed by atoms with van der Waals surface area (Å²) in [5.41, 5.74) is 2.24. The molecular weight excluding hydrogens is 398 g/mol. The van der Waals surface area contributed by atoms with E-state index < -0.39 is 17.8 Å². The van der Waals surface area contributed by atoms with E-state index in [1.807, 2.05) is 32.2 Å². The van der Waals surface area contributed by atoms with Crippen LogP contribution in [0.15, 0.2) is 29.8 Å². The SMILES string of the molecule is CCOc1ccc(C[NH+](C)CN2C(=O)C(=O)N(CCC3=CCCCC3)C2=O)cc1OC. The molecule has 8 nitrogen and oxygen atoms in total. The largest absolute Gasteiger partial charge is 0.493 e. The Labute approximate surface area is 183 Å². The van der Waals surface area contributed by atoms with Gasteiger partial charge in [-0.2, -0.15) is 0 Å². The maximum absolute atomic E-state index is 12.7. The number of urea groups is 1. The van der Waals surface area contributed by atoms with Crippen LogP contribution in [0.2, 0.25) is 0 Å². The molecule has 1 aromatic carbocycles. The number of benzene rings is 1. The fraction of sp³-hybridized carbons (Fsp3) is 0.522. The summed E-state index contributed by atoms with van der Waals surface area (Å²) in [5, 5.41) is 0. The van der Waals surface area contributed by atoms with Crippen LogP contribution in [-0.4, -0.2) is 61.6 Å². The third-order valence-electron chi connectivity index (χ3n) is 5.64. The standard InChI is InChI=1S/C23H31N3O5/c1-4-31-19-11-10-18(14-20(19)30-3)15-24(2)16-26-22(28)21(27)25(23(26)29)13-12-17-8-6-5-7-9-17/h8,10-11,14H,4-7,9,12-13,15-16H2,1-3H3/p+1. The van der Waals surface area contributed by atoms with Crippen molar-refractivity contribution in [1.82, 2.24) is 9.80 Å². The average molecular weight is 431 g/mol. The highest BCUT2D eigenvalue weighted by Crippen LogP contribution is 2.27. The highest BCUT2D eigenvalue weighted by Gasteiger charge is 2.45. The lowest BCUT2D eigenvalue weighted by Crippen LogP contribution is -3.09. The molecule has 8 heteroatoms. The van der Waals surface area contributed by atoms with Gasteiger partial charge in [0.2, 0.25) is 0 Å². The van der Waals surface area contributed by atoms with Crippen molar-refractivity contribution in [2.75, 3.05) is 34.0 Å². The number of carbonyl (C=O) groups is 3. The smallest absolute Gasteiger partial charge is 0.338 e. The first kappa shape index (κ1) is 22.8. The van der Waals surface area contributed by atoms with Crippen LogP contribution in [0, 0.1) is 0 Å². The molecule has 0 aromatic heterocycles. The fourth-order valence-corrected chi connectivity index (χ4v) is 4.05. The van der Waals surface area contributed by atoms with Gasteiger partial charge in [0.25, 0.3) is 0 Å². The van der Waals surface area contributed by atoms with Gasteiger partial charge >= 0.3 is 17.8 Å². The summed E-state index contributed by atoms with van der Waals surface area (Å²) >= 11 is 0. The third-order valence-corrected chi connectivity index (χ3v) is 5.64. The predicted molar refractivity (Wildman–Crippen MR) is 115 cm³/mol. The highest BCUT2D eigenvalue weighted by molar-refractivity contribution is 6.44. The van der Waals surface area contributed by atoms with Crippen molar-refractivity contribution >= 4 is 17.8 Å². The van der Waals surface area contributed by atoms with E-state index in [9.17, 15) is 14.4 Å². The Bertz CT molecular complexity index is 867. The molecule has 1 aliphatic carbocycles. The van der Waals surface area contributed by atoms with Crippen LogP contribution >= 0.6 is 0 Å². The normalized spacial score (nSPS) is 17.8. The second kappa shape index (κ2) is 10.4. The Morgan fingerprint density at radius 2 is 1.84 bits per heavy atom. The first-order valence-electron chi connectivity index (χ1n) is 10.9. The maximum atomic E-state index is 12.7. The molecule has 0 radical (unpaired) electrons. The van der Waals surface area contributed by atoms with Crippen LogP contribution in [0.5, 0.6) is 11.5 Å². The van der Waals surface area contributed by atoms with Gasteiger partial charge in [0, 0.05) is 12.1 Å². The molecule has 1 aromatic rings. The predicted octanol–water partition coefficient (Wildman–Crippen LogP) is 1.75. The average Bonchev–Trinajstić information content (AvgIpc) is 2.97. The second-order valence-electron chi connectivity index (χ2n) is 8.04. The Morgan fingerprint density at radius 3 is 2.52 bits per heavy atom. The molecule has 2 aliphatic rings. The van der Waals surface area contributed by atoms with Crippen LogP contribution in [0.3, 0.4) is 0 Å². The molecule has 1 atom stereocenters. The van der Waals surface area contributed by atoms with Crippen LogP contribution in [0.1, 0.15) is 44.6 Å². The van der Waals surface area contributed by atoms with E-state index in [0.717, 1.165) is 39.5 Å². The number of carbonyl (C=O) groups excluding carboxylic acids is 3. The molecule has 0 spiro atoms. The van der Waals surface area contributed by atoms with Crippen molar-refractivity contribution in [1.29, 1.82) is 0 Å². The quantitative estimate of drug-likeness (QED) is 0.348. The first-order valence-corrected chi connectivity index (χ1v) is 10.9. The molecule has 0 bridgehead atoms. The number of rotatable bonds is 10. The first-order chi connectivity index (χ1) is 14.9. The van der Waals surface area contributed by atoms with Crippen molar-refractivity contribution in [3.63, 3.8) is 0 Å². The Kier molecular flexibility index (Phi) is 7.68. The third kappa shape index (κ3) is 5.44. The monoisotopic (exact) mass is 430 g/mol. The van der Waals surface area contributed by atoms with Crippen LogP contribution in [0.25, 0.3) is 0 Å². The van der Waals surface area contributed by atoms with E-state index in [-0.39, 0.29) is 13.2 Å². The molecule has 168 valence electrons. The number of quaternary nitrogens is 1. The Hall–Kier alpha value is -2.87. The number of imide groups is 2. The summed E-state index contributed by atoms with van der Waals surface area (Å²) in [7, 11) is 3.47. The van der Waals surface area contributed by atoms with Crippen molar-refractivity contribution in [2.45, 2.75) is 45.6 Å². The number of amides is 4. The van der Waals surface area contributed by atoms with Crippen molar-refractivity contribution in [3.8, 4) is 11.5 Å². The van der Waals surface area contributed by atoms with E-state index in [2.05, 4.69) is 6.08 Å². The zero-order valence-corrected chi connectivity index (χ0v) is 18.6. The van der Waals surface area contributed by atoms with Gasteiger partial charge in [0.15, 0.2) is 18.2 Å². The summed E-state index contributed by atoms with van der Waals surface area (Å²) in [4.78, 5) is 40.6. The summed E-state index contributed by atoms with van der Waals surface area (Å²) in [6.45, 7) is 3.40. The van der Waals surface area contributed by atoms with Gasteiger partial charge in [-0.25, -0.2) is 9.69 Å². The number of methoxy groups -OCH3 is 1. The van der Waals surface area contributed by atoms with Crippen LogP contribution in [-0.2, 0) is 16.1 Å². The molecule has 1 saturated heterocycles. The van der Waals surface area contributed by atoms with Gasteiger partial charge in [-0.05, 0) is 57.2 Å². The number of hydrogen-bond acceptors (Lipinski definition) is 5. The Morgan fingerprint density at radius 1 is 1.06 bits per heavy atom. The minimum absolute atomic E-state index is 0.123. The summed E-state index contributed by atoms with van der Waals surface area (Å²) in [6, 6.07) is 5.15. The lowest BCUT2D eigenvalue weighted by Gasteiger charge is -2.21. The molecule has 31 heavy (non-hydrogen) atoms. The number of nitrogens with one attached hydrogen (secondary N) is 1. The number of nitrogens with zero attached hydrogens (tertiary/aromatic N) is 2. The summed E-state index contributed by atoms with van der Waals surface area (Å²) < 4.78 is 10.9. The maximum Gasteiger partial charge on any atom is 0.338 e. The number of allylic oxidation sites excluding steroid dienone is 1. The zero-order chi connectivity index (χ0) is 22.4. The van der Waals surface area contributed by atoms with Crippen LogP contribution in [0.4, 0.5) is 4.79 Å². The Balaban J connectivity index is 1.59. The molecule has 1 aliphatic heterocycles. The lowest BCUT2D eigenvalue weighted by molar-refractivity contribution is -0.901. The molecule has 4 amide bonds. The molecule has 1 heterocycles. The highest BCUT2D eigenvalue weighted by atomic mass is 16.5. The van der Waals surface area contributed by atoms with Crippen molar-refractivity contribution in [2.24, 2.45) is 0 Å². The zero-order valence-electron chi connectivity index (χ0n) is 18.6. The molecule has 1 fully saturated rings. The van der Waals surface area contributed by atoms with E-state index >= 15 is 0 Å². The molecule has 3 rings (SSSR count). The van der Waals surface area contributed by atoms with E-state index in [4.69, 9.17) is 9.47 Å². The van der Waals surface area contributed by atoms with Gasteiger partial charge in [0.1, 0.15) is 6.54 Å².